The minimum atomic E-state index is -3.86. The van der Waals surface area contributed by atoms with Gasteiger partial charge in [0.2, 0.25) is 21.8 Å². The van der Waals surface area contributed by atoms with Gasteiger partial charge in [-0.25, -0.2) is 8.42 Å². The van der Waals surface area contributed by atoms with Crippen LogP contribution in [-0.2, 0) is 26.2 Å². The van der Waals surface area contributed by atoms with E-state index in [1.807, 2.05) is 20.8 Å². The molecule has 11 heteroatoms. The fourth-order valence-electron chi connectivity index (χ4n) is 4.06. The summed E-state index contributed by atoms with van der Waals surface area (Å²) in [7, 11) is -3.86. The lowest BCUT2D eigenvalue weighted by Crippen LogP contribution is -2.52. The molecule has 0 unspecified atom stereocenters. The van der Waals surface area contributed by atoms with E-state index in [-0.39, 0.29) is 29.8 Å². The number of carbonyl (C=O) groups excluding carboxylic acids is 2. The van der Waals surface area contributed by atoms with E-state index in [9.17, 15) is 18.0 Å². The molecule has 2 aromatic carbocycles. The molecule has 0 fully saturated rings. The molecule has 0 spiro atoms. The molecule has 1 N–H and O–H groups in total. The quantitative estimate of drug-likeness (QED) is 0.419. The molecule has 2 amide bonds. The van der Waals surface area contributed by atoms with Gasteiger partial charge in [0.25, 0.3) is 0 Å². The van der Waals surface area contributed by atoms with Crippen molar-refractivity contribution in [2.45, 2.75) is 46.7 Å². The van der Waals surface area contributed by atoms with Crippen LogP contribution >= 0.6 is 11.6 Å². The van der Waals surface area contributed by atoms with Gasteiger partial charge in [0.15, 0.2) is 11.5 Å². The topological polar surface area (TPSA) is 105 Å². The fraction of sp³-hybridized carbons (Fsp3) is 0.481. The minimum absolute atomic E-state index is 0.0489. The normalized spacial score (nSPS) is 13.6. The second-order valence-corrected chi connectivity index (χ2v) is 12.0. The van der Waals surface area contributed by atoms with E-state index >= 15 is 0 Å². The smallest absolute Gasteiger partial charge is 0.244 e. The van der Waals surface area contributed by atoms with Gasteiger partial charge in [-0.15, -0.1) is 0 Å². The molecule has 0 saturated heterocycles. The first-order valence-corrected chi connectivity index (χ1v) is 14.8. The van der Waals surface area contributed by atoms with Gasteiger partial charge in [-0.2, -0.15) is 0 Å². The van der Waals surface area contributed by atoms with Crippen molar-refractivity contribution in [3.63, 3.8) is 0 Å². The van der Waals surface area contributed by atoms with Crippen LogP contribution in [0.3, 0.4) is 0 Å². The number of amides is 2. The van der Waals surface area contributed by atoms with Crippen LogP contribution in [0.4, 0.5) is 5.69 Å². The van der Waals surface area contributed by atoms with Crippen molar-refractivity contribution in [3.05, 3.63) is 53.1 Å². The van der Waals surface area contributed by atoms with Crippen LogP contribution in [0.2, 0.25) is 5.02 Å². The minimum Gasteiger partial charge on any atom is -0.486 e. The largest absolute Gasteiger partial charge is 0.486 e. The molecule has 0 bridgehead atoms. The van der Waals surface area contributed by atoms with Gasteiger partial charge >= 0.3 is 0 Å². The summed E-state index contributed by atoms with van der Waals surface area (Å²) in [6.45, 7) is 8.04. The van der Waals surface area contributed by atoms with Gasteiger partial charge in [-0.05, 0) is 43.0 Å². The van der Waals surface area contributed by atoms with Gasteiger partial charge in [0, 0.05) is 24.2 Å². The molecule has 0 radical (unpaired) electrons. The summed E-state index contributed by atoms with van der Waals surface area (Å²) in [5.74, 6) is 0.0998. The number of anilines is 1. The van der Waals surface area contributed by atoms with E-state index in [2.05, 4.69) is 5.32 Å². The third-order valence-electron chi connectivity index (χ3n) is 6.16. The van der Waals surface area contributed by atoms with E-state index in [0.29, 0.717) is 48.3 Å². The van der Waals surface area contributed by atoms with Gasteiger partial charge in [-0.3, -0.25) is 13.9 Å². The van der Waals surface area contributed by atoms with Gasteiger partial charge in [-0.1, -0.05) is 50.6 Å². The number of carbonyl (C=O) groups is 2. The van der Waals surface area contributed by atoms with Crippen LogP contribution in [0.15, 0.2) is 42.5 Å². The van der Waals surface area contributed by atoms with E-state index in [0.717, 1.165) is 4.31 Å². The maximum Gasteiger partial charge on any atom is 0.244 e. The zero-order valence-corrected chi connectivity index (χ0v) is 23.8. The van der Waals surface area contributed by atoms with Crippen LogP contribution in [0, 0.1) is 5.92 Å². The summed E-state index contributed by atoms with van der Waals surface area (Å²) in [6, 6.07) is 11.0. The van der Waals surface area contributed by atoms with Crippen molar-refractivity contribution >= 4 is 39.1 Å². The Bertz CT molecular complexity index is 1240. The maximum absolute atomic E-state index is 13.9. The number of ether oxygens (including phenoxy) is 2. The molecule has 1 heterocycles. The highest BCUT2D eigenvalue weighted by atomic mass is 35.5. The molecule has 3 rings (SSSR count). The molecule has 208 valence electrons. The average Bonchev–Trinajstić information content (AvgIpc) is 2.90. The summed E-state index contributed by atoms with van der Waals surface area (Å²) < 4.78 is 38.6. The first-order valence-electron chi connectivity index (χ1n) is 12.8. The van der Waals surface area contributed by atoms with E-state index in [1.165, 1.54) is 11.8 Å². The highest BCUT2D eigenvalue weighted by molar-refractivity contribution is 7.92. The first kappa shape index (κ1) is 29.6. The number of hydrogen-bond acceptors (Lipinski definition) is 6. The number of halogens is 1. The third kappa shape index (κ3) is 7.32. The Morgan fingerprint density at radius 2 is 1.74 bits per heavy atom. The molecule has 38 heavy (non-hydrogen) atoms. The Labute approximate surface area is 230 Å². The van der Waals surface area contributed by atoms with Crippen LogP contribution in [0.5, 0.6) is 11.5 Å². The summed E-state index contributed by atoms with van der Waals surface area (Å²) >= 11 is 6.40. The SMILES string of the molecule is CC[C@H](C(=O)NCC(C)C)N(Cc1ccccc1Cl)C(=O)CN(c1ccc2c(c1)OCCO2)S(=O)(=O)CC. The van der Waals surface area contributed by atoms with Crippen LogP contribution in [-0.4, -0.2) is 63.2 Å². The number of sulfonamides is 1. The van der Waals surface area contributed by atoms with E-state index in [4.69, 9.17) is 21.1 Å². The summed E-state index contributed by atoms with van der Waals surface area (Å²) in [4.78, 5) is 28.5. The molecule has 1 atom stereocenters. The molecule has 1 aliphatic heterocycles. The Kier molecular flexibility index (Phi) is 10.3. The average molecular weight is 566 g/mol. The van der Waals surface area contributed by atoms with Gasteiger partial charge in [0.1, 0.15) is 25.8 Å². The molecular weight excluding hydrogens is 530 g/mol. The Morgan fingerprint density at radius 1 is 1.05 bits per heavy atom. The monoisotopic (exact) mass is 565 g/mol. The number of nitrogens with one attached hydrogen (secondary N) is 1. The summed E-state index contributed by atoms with van der Waals surface area (Å²) in [5, 5.41) is 3.35. The summed E-state index contributed by atoms with van der Waals surface area (Å²) in [5.41, 5.74) is 0.932. The number of rotatable bonds is 12. The Morgan fingerprint density at radius 3 is 2.37 bits per heavy atom. The maximum atomic E-state index is 13.9. The van der Waals surface area contributed by atoms with Crippen molar-refractivity contribution in [3.8, 4) is 11.5 Å². The van der Waals surface area contributed by atoms with E-state index < -0.39 is 28.5 Å². The van der Waals surface area contributed by atoms with Crippen molar-refractivity contribution in [1.82, 2.24) is 10.2 Å². The Hall–Kier alpha value is -2.98. The number of hydrogen-bond donors (Lipinski definition) is 1. The standard InChI is InChI=1S/C27H36ClN3O6S/c1-5-23(27(33)29-16-19(3)4)30(17-20-9-7-8-10-22(20)28)26(32)18-31(38(34,35)6-2)21-11-12-24-25(15-21)37-14-13-36-24/h7-12,15,19,23H,5-6,13-14,16-18H2,1-4H3,(H,29,33)/t23-/m1/s1. The van der Waals surface area contributed by atoms with Crippen molar-refractivity contribution in [2.24, 2.45) is 5.92 Å². The highest BCUT2D eigenvalue weighted by Gasteiger charge is 2.33. The molecule has 0 aliphatic carbocycles. The highest BCUT2D eigenvalue weighted by Crippen LogP contribution is 2.35. The number of benzene rings is 2. The molecule has 1 aliphatic rings. The first-order chi connectivity index (χ1) is 18.1. The van der Waals surface area contributed by atoms with Crippen LogP contribution in [0.1, 0.15) is 39.7 Å². The molecule has 0 aromatic heterocycles. The van der Waals surface area contributed by atoms with Crippen molar-refractivity contribution < 1.29 is 27.5 Å². The van der Waals surface area contributed by atoms with Crippen LogP contribution in [0.25, 0.3) is 0 Å². The lowest BCUT2D eigenvalue weighted by atomic mass is 10.1. The number of nitrogens with zero attached hydrogens (tertiary/aromatic N) is 2. The third-order valence-corrected chi connectivity index (χ3v) is 8.27. The zero-order valence-electron chi connectivity index (χ0n) is 22.3. The van der Waals surface area contributed by atoms with Crippen molar-refractivity contribution in [1.29, 1.82) is 0 Å². The predicted octanol–water partition coefficient (Wildman–Crippen LogP) is 3.85. The molecular formula is C27H36ClN3O6S. The van der Waals surface area contributed by atoms with Crippen molar-refractivity contribution in [2.75, 3.05) is 36.4 Å². The molecule has 9 nitrogen and oxygen atoms in total. The predicted molar refractivity (Wildman–Crippen MR) is 148 cm³/mol. The van der Waals surface area contributed by atoms with E-state index in [1.54, 1.807) is 42.5 Å². The fourth-order valence-corrected chi connectivity index (χ4v) is 5.31. The van der Waals surface area contributed by atoms with Gasteiger partial charge < -0.3 is 19.7 Å². The lowest BCUT2D eigenvalue weighted by molar-refractivity contribution is -0.140. The Balaban J connectivity index is 1.98. The van der Waals surface area contributed by atoms with Gasteiger partial charge in [0.05, 0.1) is 11.4 Å². The second kappa shape index (κ2) is 13.2. The zero-order chi connectivity index (χ0) is 27.9. The number of fused-ring (bicyclic) bond motifs is 1. The summed E-state index contributed by atoms with van der Waals surface area (Å²) in [6.07, 6.45) is 0.338. The second-order valence-electron chi connectivity index (χ2n) is 9.41. The lowest BCUT2D eigenvalue weighted by Gasteiger charge is -2.33. The molecule has 2 aromatic rings. The van der Waals surface area contributed by atoms with Crippen LogP contribution < -0.4 is 19.1 Å². The molecule has 0 saturated carbocycles.